The predicted octanol–water partition coefficient (Wildman–Crippen LogP) is 2.33. The van der Waals surface area contributed by atoms with Gasteiger partial charge in [0.15, 0.2) is 0 Å². The Morgan fingerprint density at radius 2 is 1.72 bits per heavy atom. The Morgan fingerprint density at radius 1 is 1.00 bits per heavy atom. The Kier molecular flexibility index (Phi) is 4.92. The van der Waals surface area contributed by atoms with Crippen LogP contribution in [0.5, 0.6) is 0 Å². The summed E-state index contributed by atoms with van der Waals surface area (Å²) in [5.41, 5.74) is 2.77. The van der Waals surface area contributed by atoms with Crippen LogP contribution in [0.15, 0.2) is 59.4 Å². The van der Waals surface area contributed by atoms with E-state index in [1.54, 1.807) is 18.0 Å². The minimum absolute atomic E-state index is 0.0132. The zero-order valence-electron chi connectivity index (χ0n) is 16.6. The Balaban J connectivity index is 1.52. The van der Waals surface area contributed by atoms with Gasteiger partial charge in [0.2, 0.25) is 5.91 Å². The molecule has 0 radical (unpaired) electrons. The lowest BCUT2D eigenvalue weighted by atomic mass is 10.1. The van der Waals surface area contributed by atoms with E-state index in [2.05, 4.69) is 0 Å². The highest BCUT2D eigenvalue weighted by atomic mass is 16.2. The molecule has 2 aromatic carbocycles. The zero-order valence-corrected chi connectivity index (χ0v) is 16.6. The number of piperazine rings is 1. The van der Waals surface area contributed by atoms with Gasteiger partial charge in [-0.25, -0.2) is 0 Å². The van der Waals surface area contributed by atoms with Gasteiger partial charge in [0, 0.05) is 26.7 Å². The molecule has 3 aromatic rings. The maximum absolute atomic E-state index is 13.0. The van der Waals surface area contributed by atoms with Crippen LogP contribution in [0, 0.1) is 6.92 Å². The number of nitrogens with zero attached hydrogens (tertiary/aromatic N) is 3. The first kappa shape index (κ1) is 18.9. The van der Waals surface area contributed by atoms with Crippen molar-refractivity contribution in [2.75, 3.05) is 19.6 Å². The van der Waals surface area contributed by atoms with Crippen LogP contribution >= 0.6 is 0 Å². The molecule has 1 aliphatic heterocycles. The van der Waals surface area contributed by atoms with Gasteiger partial charge in [-0.3, -0.25) is 14.4 Å². The largest absolute Gasteiger partial charge is 0.335 e. The molecule has 1 fully saturated rings. The Hall–Kier alpha value is -3.41. The van der Waals surface area contributed by atoms with E-state index in [1.807, 2.05) is 55.5 Å². The second kappa shape index (κ2) is 7.54. The first-order chi connectivity index (χ1) is 13.9. The first-order valence-electron chi connectivity index (χ1n) is 9.65. The maximum Gasteiger partial charge on any atom is 0.263 e. The smallest absolute Gasteiger partial charge is 0.263 e. The second-order valence-corrected chi connectivity index (χ2v) is 7.51. The highest BCUT2D eigenvalue weighted by Gasteiger charge is 2.29. The number of para-hydroxylation sites is 1. The van der Waals surface area contributed by atoms with Crippen molar-refractivity contribution in [3.8, 4) is 0 Å². The normalized spacial score (nSPS) is 14.5. The Morgan fingerprint density at radius 3 is 2.45 bits per heavy atom. The van der Waals surface area contributed by atoms with E-state index in [9.17, 15) is 14.4 Å². The summed E-state index contributed by atoms with van der Waals surface area (Å²) in [5.74, 6) is -0.498. The predicted molar refractivity (Wildman–Crippen MR) is 112 cm³/mol. The van der Waals surface area contributed by atoms with Crippen LogP contribution < -0.4 is 5.56 Å². The number of carbonyl (C=O) groups excluding carboxylic acids is 2. The second-order valence-electron chi connectivity index (χ2n) is 7.51. The van der Waals surface area contributed by atoms with E-state index in [4.69, 9.17) is 0 Å². The van der Waals surface area contributed by atoms with E-state index < -0.39 is 0 Å². The highest BCUT2D eigenvalue weighted by molar-refractivity contribution is 5.99. The maximum atomic E-state index is 13.0. The molecule has 6 nitrogen and oxygen atoms in total. The topological polar surface area (TPSA) is 62.6 Å². The molecular formula is C23H23N3O3. The minimum atomic E-state index is -0.389. The molecule has 0 bridgehead atoms. The van der Waals surface area contributed by atoms with Gasteiger partial charge in [0.25, 0.3) is 11.5 Å². The van der Waals surface area contributed by atoms with E-state index in [0.29, 0.717) is 19.6 Å². The van der Waals surface area contributed by atoms with Crippen molar-refractivity contribution in [3.63, 3.8) is 0 Å². The summed E-state index contributed by atoms with van der Waals surface area (Å²) >= 11 is 0. The van der Waals surface area contributed by atoms with Gasteiger partial charge in [-0.05, 0) is 30.0 Å². The molecule has 0 saturated carbocycles. The van der Waals surface area contributed by atoms with Crippen LogP contribution in [0.3, 0.4) is 0 Å². The molecule has 4 rings (SSSR count). The molecule has 0 atom stereocenters. The fourth-order valence-electron chi connectivity index (χ4n) is 3.71. The number of carbonyl (C=O) groups is 2. The number of pyridine rings is 1. The third-order valence-corrected chi connectivity index (χ3v) is 5.46. The van der Waals surface area contributed by atoms with E-state index >= 15 is 0 Å². The van der Waals surface area contributed by atoms with Crippen molar-refractivity contribution in [2.24, 2.45) is 7.05 Å². The summed E-state index contributed by atoms with van der Waals surface area (Å²) < 4.78 is 1.48. The molecule has 0 aliphatic carbocycles. The van der Waals surface area contributed by atoms with Crippen LogP contribution in [0.1, 0.15) is 21.5 Å². The molecule has 1 saturated heterocycles. The molecule has 0 unspecified atom stereocenters. The monoisotopic (exact) mass is 389 g/mol. The standard InChI is InChI=1S/C23H23N3O3/c1-16-7-9-17(10-8-16)14-25-11-12-26(15-21(25)27)23(29)19-13-18-5-3-4-6-20(18)24(2)22(19)28/h3-10,13H,11-12,14-15H2,1-2H3. The number of rotatable bonds is 3. The van der Waals surface area contributed by atoms with Crippen LogP contribution in [-0.2, 0) is 18.4 Å². The molecular weight excluding hydrogens is 366 g/mol. The lowest BCUT2D eigenvalue weighted by Gasteiger charge is -2.34. The number of fused-ring (bicyclic) bond motifs is 1. The van der Waals surface area contributed by atoms with Gasteiger partial charge >= 0.3 is 0 Å². The van der Waals surface area contributed by atoms with Gasteiger partial charge in [0.05, 0.1) is 5.52 Å². The number of aromatic nitrogens is 1. The van der Waals surface area contributed by atoms with Crippen LogP contribution in [0.25, 0.3) is 10.9 Å². The Bertz CT molecular complexity index is 1150. The van der Waals surface area contributed by atoms with Gasteiger partial charge in [-0.1, -0.05) is 48.0 Å². The van der Waals surface area contributed by atoms with Crippen molar-refractivity contribution in [1.29, 1.82) is 0 Å². The van der Waals surface area contributed by atoms with Crippen molar-refractivity contribution in [1.82, 2.24) is 14.4 Å². The molecule has 2 heterocycles. The van der Waals surface area contributed by atoms with Crippen molar-refractivity contribution >= 4 is 22.7 Å². The molecule has 1 aromatic heterocycles. The SMILES string of the molecule is Cc1ccc(CN2CCN(C(=O)c3cc4ccccc4n(C)c3=O)CC2=O)cc1. The summed E-state index contributed by atoms with van der Waals surface area (Å²) in [4.78, 5) is 41.6. The highest BCUT2D eigenvalue weighted by Crippen LogP contribution is 2.16. The van der Waals surface area contributed by atoms with E-state index in [-0.39, 0.29) is 29.5 Å². The van der Waals surface area contributed by atoms with Crippen molar-refractivity contribution in [2.45, 2.75) is 13.5 Å². The summed E-state index contributed by atoms with van der Waals surface area (Å²) in [6.07, 6.45) is 0. The summed E-state index contributed by atoms with van der Waals surface area (Å²) in [5, 5.41) is 0.822. The Labute approximate surface area is 169 Å². The van der Waals surface area contributed by atoms with E-state index in [1.165, 1.54) is 15.0 Å². The number of hydrogen-bond acceptors (Lipinski definition) is 3. The molecule has 29 heavy (non-hydrogen) atoms. The first-order valence-corrected chi connectivity index (χ1v) is 9.65. The lowest BCUT2D eigenvalue weighted by Crippen LogP contribution is -2.52. The molecule has 6 heteroatoms. The number of aryl methyl sites for hydroxylation is 2. The van der Waals surface area contributed by atoms with Gasteiger partial charge in [-0.2, -0.15) is 0 Å². The van der Waals surface area contributed by atoms with Crippen LogP contribution in [-0.4, -0.2) is 45.8 Å². The van der Waals surface area contributed by atoms with Crippen molar-refractivity contribution in [3.05, 3.63) is 81.6 Å². The van der Waals surface area contributed by atoms with Gasteiger partial charge < -0.3 is 14.4 Å². The number of benzene rings is 2. The summed E-state index contributed by atoms with van der Waals surface area (Å²) in [7, 11) is 1.66. The van der Waals surface area contributed by atoms with Crippen molar-refractivity contribution < 1.29 is 9.59 Å². The third kappa shape index (κ3) is 3.66. The van der Waals surface area contributed by atoms with Gasteiger partial charge in [-0.15, -0.1) is 0 Å². The third-order valence-electron chi connectivity index (χ3n) is 5.46. The molecule has 0 N–H and O–H groups in total. The summed E-state index contributed by atoms with van der Waals surface area (Å²) in [6, 6.07) is 17.1. The molecule has 0 spiro atoms. The zero-order chi connectivity index (χ0) is 20.5. The number of hydrogen-bond donors (Lipinski definition) is 0. The average molecular weight is 389 g/mol. The molecule has 1 aliphatic rings. The average Bonchev–Trinajstić information content (AvgIpc) is 2.73. The molecule has 2 amide bonds. The summed E-state index contributed by atoms with van der Waals surface area (Å²) in [6.45, 7) is 3.40. The molecule has 148 valence electrons. The van der Waals surface area contributed by atoms with Crippen LogP contribution in [0.4, 0.5) is 0 Å². The number of amides is 2. The lowest BCUT2D eigenvalue weighted by molar-refractivity contribution is -0.135. The van der Waals surface area contributed by atoms with Gasteiger partial charge in [0.1, 0.15) is 12.1 Å². The fourth-order valence-corrected chi connectivity index (χ4v) is 3.71. The quantitative estimate of drug-likeness (QED) is 0.691. The minimum Gasteiger partial charge on any atom is -0.335 e. The van der Waals surface area contributed by atoms with Crippen LogP contribution in [0.2, 0.25) is 0 Å². The van der Waals surface area contributed by atoms with E-state index in [0.717, 1.165) is 16.5 Å². The fraction of sp³-hybridized carbons (Fsp3) is 0.261.